The highest BCUT2D eigenvalue weighted by molar-refractivity contribution is 7.18. The summed E-state index contributed by atoms with van der Waals surface area (Å²) in [7, 11) is 1.35. The number of carbonyl (C=O) groups excluding carboxylic acids is 1. The Morgan fingerprint density at radius 3 is 2.67 bits per heavy atom. The number of thiazole rings is 1. The Labute approximate surface area is 106 Å². The van der Waals surface area contributed by atoms with Crippen molar-refractivity contribution < 1.29 is 13.9 Å². The van der Waals surface area contributed by atoms with Gasteiger partial charge in [-0.1, -0.05) is 11.3 Å². The number of nitrogens with two attached hydrogens (primary N) is 2. The van der Waals surface area contributed by atoms with Crippen molar-refractivity contribution in [1.82, 2.24) is 4.98 Å². The zero-order chi connectivity index (χ0) is 13.3. The summed E-state index contributed by atoms with van der Waals surface area (Å²) in [5, 5.41) is 0.199. The third-order valence-electron chi connectivity index (χ3n) is 2.29. The number of hydrogen-bond donors (Lipinski definition) is 2. The Morgan fingerprint density at radius 2 is 2.17 bits per heavy atom. The largest absolute Gasteiger partial charge is 0.494 e. The molecule has 94 valence electrons. The summed E-state index contributed by atoms with van der Waals surface area (Å²) in [6, 6.07) is 3.93. The van der Waals surface area contributed by atoms with E-state index in [-0.39, 0.29) is 27.1 Å². The number of rotatable bonds is 3. The van der Waals surface area contributed by atoms with Crippen molar-refractivity contribution in [2.75, 3.05) is 18.6 Å². The van der Waals surface area contributed by atoms with E-state index in [1.54, 1.807) is 0 Å². The fourth-order valence-corrected chi connectivity index (χ4v) is 2.16. The van der Waals surface area contributed by atoms with Gasteiger partial charge in [-0.05, 0) is 18.2 Å². The molecule has 0 saturated heterocycles. The molecule has 0 unspecified atom stereocenters. The summed E-state index contributed by atoms with van der Waals surface area (Å²) in [6.07, 6.45) is 0. The number of halogens is 1. The smallest absolute Gasteiger partial charge is 0.206 e. The summed E-state index contributed by atoms with van der Waals surface area (Å²) in [5.41, 5.74) is 11.2. The fraction of sp³-hybridized carbons (Fsp3) is 0.0909. The van der Waals surface area contributed by atoms with E-state index in [1.807, 2.05) is 0 Å². The molecule has 0 radical (unpaired) electrons. The predicted octanol–water partition coefficient (Wildman–Crippen LogP) is 1.69. The first-order chi connectivity index (χ1) is 8.52. The summed E-state index contributed by atoms with van der Waals surface area (Å²) in [4.78, 5) is 16.0. The van der Waals surface area contributed by atoms with Crippen LogP contribution >= 0.6 is 11.3 Å². The fourth-order valence-electron chi connectivity index (χ4n) is 1.45. The maximum Gasteiger partial charge on any atom is 0.206 e. The van der Waals surface area contributed by atoms with Crippen molar-refractivity contribution in [3.05, 3.63) is 34.5 Å². The molecular formula is C11H10FN3O2S. The van der Waals surface area contributed by atoms with Crippen molar-refractivity contribution in [2.45, 2.75) is 0 Å². The minimum atomic E-state index is -0.612. The SMILES string of the molecule is COc1ccc(C(=O)c2sc(N)nc2N)cc1F. The van der Waals surface area contributed by atoms with E-state index in [0.717, 1.165) is 17.4 Å². The Morgan fingerprint density at radius 1 is 1.44 bits per heavy atom. The molecule has 7 heteroatoms. The van der Waals surface area contributed by atoms with Crippen molar-refractivity contribution in [3.63, 3.8) is 0 Å². The molecule has 1 aromatic carbocycles. The van der Waals surface area contributed by atoms with Crippen LogP contribution in [0.2, 0.25) is 0 Å². The molecule has 0 aliphatic rings. The van der Waals surface area contributed by atoms with Gasteiger partial charge in [0.15, 0.2) is 16.7 Å². The van der Waals surface area contributed by atoms with E-state index in [4.69, 9.17) is 16.2 Å². The van der Waals surface area contributed by atoms with Crippen LogP contribution in [0.5, 0.6) is 5.75 Å². The number of nitrogen functional groups attached to an aromatic ring is 2. The quantitative estimate of drug-likeness (QED) is 0.826. The molecule has 0 fully saturated rings. The Bertz CT molecular complexity index is 612. The number of aromatic nitrogens is 1. The number of ketones is 1. The van der Waals surface area contributed by atoms with Crippen LogP contribution in [0.25, 0.3) is 0 Å². The van der Waals surface area contributed by atoms with Gasteiger partial charge in [-0.15, -0.1) is 0 Å². The van der Waals surface area contributed by atoms with Gasteiger partial charge in [0.25, 0.3) is 0 Å². The maximum absolute atomic E-state index is 13.5. The summed E-state index contributed by atoms with van der Waals surface area (Å²) < 4.78 is 18.3. The highest BCUT2D eigenvalue weighted by Gasteiger charge is 2.18. The lowest BCUT2D eigenvalue weighted by atomic mass is 10.1. The maximum atomic E-state index is 13.5. The van der Waals surface area contributed by atoms with Gasteiger partial charge < -0.3 is 16.2 Å². The molecule has 1 aromatic heterocycles. The van der Waals surface area contributed by atoms with Crippen LogP contribution in [0.1, 0.15) is 15.2 Å². The van der Waals surface area contributed by atoms with Crippen LogP contribution in [0.4, 0.5) is 15.3 Å². The second-order valence-electron chi connectivity index (χ2n) is 3.44. The van der Waals surface area contributed by atoms with Gasteiger partial charge >= 0.3 is 0 Å². The number of benzene rings is 1. The first kappa shape index (κ1) is 12.3. The summed E-state index contributed by atoms with van der Waals surface area (Å²) in [6.45, 7) is 0. The average molecular weight is 267 g/mol. The van der Waals surface area contributed by atoms with Crippen molar-refractivity contribution >= 4 is 28.1 Å². The van der Waals surface area contributed by atoms with Crippen molar-refractivity contribution in [3.8, 4) is 5.75 Å². The molecule has 0 aliphatic heterocycles. The number of methoxy groups -OCH3 is 1. The highest BCUT2D eigenvalue weighted by atomic mass is 32.1. The third kappa shape index (κ3) is 2.12. The van der Waals surface area contributed by atoms with Gasteiger partial charge in [0.05, 0.1) is 7.11 Å². The minimum absolute atomic E-state index is 0.0544. The van der Waals surface area contributed by atoms with E-state index in [2.05, 4.69) is 4.98 Å². The van der Waals surface area contributed by atoms with Crippen LogP contribution in [0.3, 0.4) is 0 Å². The summed E-state index contributed by atoms with van der Waals surface area (Å²) >= 11 is 0.972. The number of anilines is 2. The third-order valence-corrected chi connectivity index (χ3v) is 3.19. The second kappa shape index (κ2) is 4.61. The van der Waals surface area contributed by atoms with Gasteiger partial charge in [-0.2, -0.15) is 0 Å². The van der Waals surface area contributed by atoms with E-state index < -0.39 is 11.6 Å². The molecule has 1 heterocycles. The van der Waals surface area contributed by atoms with E-state index in [9.17, 15) is 9.18 Å². The molecule has 18 heavy (non-hydrogen) atoms. The van der Waals surface area contributed by atoms with Gasteiger partial charge in [0.2, 0.25) is 5.78 Å². The lowest BCUT2D eigenvalue weighted by molar-refractivity contribution is 0.104. The number of ether oxygens (including phenoxy) is 1. The molecule has 5 nitrogen and oxygen atoms in total. The molecule has 0 spiro atoms. The lowest BCUT2D eigenvalue weighted by Gasteiger charge is -2.03. The van der Waals surface area contributed by atoms with E-state index >= 15 is 0 Å². The van der Waals surface area contributed by atoms with Crippen molar-refractivity contribution in [2.24, 2.45) is 0 Å². The zero-order valence-corrected chi connectivity index (χ0v) is 10.3. The molecule has 0 bridgehead atoms. The van der Waals surface area contributed by atoms with Gasteiger partial charge in [0, 0.05) is 5.56 Å². The summed E-state index contributed by atoms with van der Waals surface area (Å²) in [5.74, 6) is -0.898. The normalized spacial score (nSPS) is 10.3. The lowest BCUT2D eigenvalue weighted by Crippen LogP contribution is -2.03. The topological polar surface area (TPSA) is 91.2 Å². The Balaban J connectivity index is 2.40. The number of nitrogens with zero attached hydrogens (tertiary/aromatic N) is 1. The second-order valence-corrected chi connectivity index (χ2v) is 4.48. The number of carbonyl (C=O) groups is 1. The van der Waals surface area contributed by atoms with Crippen LogP contribution in [0.15, 0.2) is 18.2 Å². The zero-order valence-electron chi connectivity index (χ0n) is 9.44. The van der Waals surface area contributed by atoms with Crippen LogP contribution in [0, 0.1) is 5.82 Å². The first-order valence-corrected chi connectivity index (χ1v) is 5.74. The molecule has 2 aromatic rings. The van der Waals surface area contributed by atoms with E-state index in [1.165, 1.54) is 19.2 Å². The van der Waals surface area contributed by atoms with Crippen LogP contribution < -0.4 is 16.2 Å². The monoisotopic (exact) mass is 267 g/mol. The minimum Gasteiger partial charge on any atom is -0.494 e. The first-order valence-electron chi connectivity index (χ1n) is 4.93. The molecule has 2 rings (SSSR count). The average Bonchev–Trinajstić information content (AvgIpc) is 2.67. The standard InChI is InChI=1S/C11H10FN3O2S/c1-17-7-3-2-5(4-6(7)12)8(16)9-10(13)15-11(14)18-9/h2-4H,13H2,1H3,(H2,14,15). The van der Waals surface area contributed by atoms with Gasteiger partial charge in [0.1, 0.15) is 10.7 Å². The number of hydrogen-bond acceptors (Lipinski definition) is 6. The van der Waals surface area contributed by atoms with E-state index in [0.29, 0.717) is 0 Å². The van der Waals surface area contributed by atoms with Gasteiger partial charge in [-0.3, -0.25) is 4.79 Å². The molecule has 0 amide bonds. The molecule has 0 atom stereocenters. The predicted molar refractivity (Wildman–Crippen MR) is 67.3 cm³/mol. The van der Waals surface area contributed by atoms with Crippen LogP contribution in [-0.2, 0) is 0 Å². The molecule has 0 saturated carbocycles. The molecule has 0 aliphatic carbocycles. The van der Waals surface area contributed by atoms with Crippen molar-refractivity contribution in [1.29, 1.82) is 0 Å². The highest BCUT2D eigenvalue weighted by Crippen LogP contribution is 2.27. The Hall–Kier alpha value is -2.15. The van der Waals surface area contributed by atoms with Gasteiger partial charge in [-0.25, -0.2) is 9.37 Å². The van der Waals surface area contributed by atoms with Crippen LogP contribution in [-0.4, -0.2) is 17.9 Å². The Kier molecular flexibility index (Phi) is 3.15. The molecule has 4 N–H and O–H groups in total. The molecular weight excluding hydrogens is 257 g/mol.